The number of aryl methyl sites for hydroxylation is 1. The number of fused-ring (bicyclic) bond motifs is 1. The molecule has 0 saturated carbocycles. The number of rotatable bonds is 5. The van der Waals surface area contributed by atoms with Gasteiger partial charge in [-0.25, -0.2) is 0 Å². The molecule has 1 aliphatic rings. The summed E-state index contributed by atoms with van der Waals surface area (Å²) in [5.41, 5.74) is 2.29. The zero-order valence-corrected chi connectivity index (χ0v) is 14.5. The number of amides is 1. The van der Waals surface area contributed by atoms with Gasteiger partial charge in [-0.1, -0.05) is 18.2 Å². The van der Waals surface area contributed by atoms with E-state index in [0.717, 1.165) is 17.7 Å². The monoisotopic (exact) mass is 358 g/mol. The molecule has 0 saturated heterocycles. The average molecular weight is 358 g/mol. The summed E-state index contributed by atoms with van der Waals surface area (Å²) < 4.78 is 6.25. The highest BCUT2D eigenvalue weighted by atomic mass is 16.6. The molecule has 0 spiro atoms. The van der Waals surface area contributed by atoms with E-state index in [1.54, 1.807) is 4.90 Å². The van der Waals surface area contributed by atoms with Crippen LogP contribution in [0.2, 0.25) is 0 Å². The molecule has 2 heterocycles. The fourth-order valence-electron chi connectivity index (χ4n) is 3.09. The summed E-state index contributed by atoms with van der Waals surface area (Å²) in [4.78, 5) is 36.4. The first kappa shape index (κ1) is 17.6. The van der Waals surface area contributed by atoms with Crippen molar-refractivity contribution in [2.45, 2.75) is 26.8 Å². The number of carbonyl (C=O) groups excluding carboxylic acids is 2. The lowest BCUT2D eigenvalue weighted by Gasteiger charge is -2.17. The van der Waals surface area contributed by atoms with E-state index >= 15 is 0 Å². The molecular formula is C17H18N4O5. The Balaban J connectivity index is 1.59. The van der Waals surface area contributed by atoms with Crippen LogP contribution in [-0.2, 0) is 27.3 Å². The molecule has 0 aliphatic carbocycles. The zero-order valence-electron chi connectivity index (χ0n) is 14.5. The van der Waals surface area contributed by atoms with E-state index in [2.05, 4.69) is 5.10 Å². The maximum Gasteiger partial charge on any atom is 0.328 e. The number of ether oxygens (including phenoxy) is 1. The number of anilines is 1. The van der Waals surface area contributed by atoms with E-state index in [1.165, 1.54) is 18.5 Å². The third-order valence-electron chi connectivity index (χ3n) is 4.35. The van der Waals surface area contributed by atoms with Crippen LogP contribution in [0.15, 0.2) is 24.3 Å². The zero-order chi connectivity index (χ0) is 18.8. The van der Waals surface area contributed by atoms with Crippen LogP contribution in [-0.4, -0.2) is 39.7 Å². The number of para-hydroxylation sites is 1. The predicted octanol–water partition coefficient (Wildman–Crippen LogP) is 1.54. The molecule has 136 valence electrons. The summed E-state index contributed by atoms with van der Waals surface area (Å²) in [5, 5.41) is 15.0. The summed E-state index contributed by atoms with van der Waals surface area (Å²) in [6.45, 7) is 2.90. The van der Waals surface area contributed by atoms with Gasteiger partial charge in [0.25, 0.3) is 5.91 Å². The molecule has 0 bridgehead atoms. The maximum absolute atomic E-state index is 12.3. The lowest BCUT2D eigenvalue weighted by atomic mass is 10.2. The van der Waals surface area contributed by atoms with E-state index in [-0.39, 0.29) is 36.1 Å². The standard InChI is InChI=1S/C17H18N4O5/c1-11-17(21(24)25)12(2)20(18-11)9-16(23)26-10-15(22)19-8-7-13-5-3-4-6-14(13)19/h3-6H,7-10H2,1-2H3. The van der Waals surface area contributed by atoms with E-state index < -0.39 is 10.9 Å². The third kappa shape index (κ3) is 3.28. The van der Waals surface area contributed by atoms with Crippen molar-refractivity contribution in [1.29, 1.82) is 0 Å². The molecule has 0 unspecified atom stereocenters. The van der Waals surface area contributed by atoms with Gasteiger partial charge in [0.15, 0.2) is 6.61 Å². The number of aromatic nitrogens is 2. The van der Waals surface area contributed by atoms with Crippen LogP contribution in [0.25, 0.3) is 0 Å². The Hall–Kier alpha value is -3.23. The van der Waals surface area contributed by atoms with Gasteiger partial charge in [-0.2, -0.15) is 5.10 Å². The molecule has 1 aliphatic heterocycles. The highest BCUT2D eigenvalue weighted by Gasteiger charge is 2.26. The number of carbonyl (C=O) groups is 2. The van der Waals surface area contributed by atoms with Gasteiger partial charge in [-0.15, -0.1) is 0 Å². The second-order valence-corrected chi connectivity index (χ2v) is 6.02. The van der Waals surface area contributed by atoms with Crippen LogP contribution in [0, 0.1) is 24.0 Å². The second-order valence-electron chi connectivity index (χ2n) is 6.02. The first-order valence-corrected chi connectivity index (χ1v) is 8.10. The van der Waals surface area contributed by atoms with Gasteiger partial charge in [0.1, 0.15) is 17.9 Å². The van der Waals surface area contributed by atoms with Crippen LogP contribution in [0.1, 0.15) is 17.0 Å². The summed E-state index contributed by atoms with van der Waals surface area (Å²) in [5.74, 6) is -0.978. The fraction of sp³-hybridized carbons (Fsp3) is 0.353. The number of benzene rings is 1. The molecule has 1 amide bonds. The third-order valence-corrected chi connectivity index (χ3v) is 4.35. The van der Waals surface area contributed by atoms with E-state index in [9.17, 15) is 19.7 Å². The number of esters is 1. The predicted molar refractivity (Wildman–Crippen MR) is 91.8 cm³/mol. The molecule has 0 radical (unpaired) electrons. The van der Waals surface area contributed by atoms with Crippen molar-refractivity contribution in [2.24, 2.45) is 0 Å². The lowest BCUT2D eigenvalue weighted by molar-refractivity contribution is -0.386. The molecule has 26 heavy (non-hydrogen) atoms. The van der Waals surface area contributed by atoms with Crippen molar-refractivity contribution < 1.29 is 19.2 Å². The van der Waals surface area contributed by atoms with Crippen molar-refractivity contribution in [3.8, 4) is 0 Å². The molecule has 2 aromatic rings. The lowest BCUT2D eigenvalue weighted by Crippen LogP contribution is -2.33. The molecule has 0 atom stereocenters. The van der Waals surface area contributed by atoms with Crippen LogP contribution in [0.4, 0.5) is 11.4 Å². The molecular weight excluding hydrogens is 340 g/mol. The Morgan fingerprint density at radius 3 is 2.73 bits per heavy atom. The van der Waals surface area contributed by atoms with Gasteiger partial charge in [0.2, 0.25) is 0 Å². The minimum atomic E-state index is -0.675. The van der Waals surface area contributed by atoms with E-state index in [4.69, 9.17) is 4.74 Å². The summed E-state index contributed by atoms with van der Waals surface area (Å²) in [6, 6.07) is 7.59. The topological polar surface area (TPSA) is 108 Å². The molecule has 0 N–H and O–H groups in total. The minimum absolute atomic E-state index is 0.123. The van der Waals surface area contributed by atoms with Crippen molar-refractivity contribution >= 4 is 23.3 Å². The Bertz CT molecular complexity index is 889. The fourth-order valence-corrected chi connectivity index (χ4v) is 3.09. The summed E-state index contributed by atoms with van der Waals surface area (Å²) in [7, 11) is 0. The SMILES string of the molecule is Cc1nn(CC(=O)OCC(=O)N2CCc3ccccc32)c(C)c1[N+](=O)[O-]. The maximum atomic E-state index is 12.3. The molecule has 1 aromatic heterocycles. The Morgan fingerprint density at radius 1 is 1.31 bits per heavy atom. The van der Waals surface area contributed by atoms with Gasteiger partial charge < -0.3 is 9.64 Å². The Kier molecular flexibility index (Phi) is 4.70. The largest absolute Gasteiger partial charge is 0.454 e. The number of hydrogen-bond acceptors (Lipinski definition) is 6. The second kappa shape index (κ2) is 6.95. The van der Waals surface area contributed by atoms with E-state index in [0.29, 0.717) is 6.54 Å². The quantitative estimate of drug-likeness (QED) is 0.456. The van der Waals surface area contributed by atoms with Crippen LogP contribution in [0.5, 0.6) is 0 Å². The van der Waals surface area contributed by atoms with Gasteiger partial charge in [-0.3, -0.25) is 24.4 Å². The van der Waals surface area contributed by atoms with Crippen molar-refractivity contribution in [2.75, 3.05) is 18.1 Å². The smallest absolute Gasteiger partial charge is 0.328 e. The molecule has 9 heteroatoms. The average Bonchev–Trinajstić information content (AvgIpc) is 3.14. The Labute approximate surface area is 149 Å². The van der Waals surface area contributed by atoms with Crippen molar-refractivity contribution in [1.82, 2.24) is 9.78 Å². The van der Waals surface area contributed by atoms with E-state index in [1.807, 2.05) is 24.3 Å². The molecule has 9 nitrogen and oxygen atoms in total. The molecule has 0 fully saturated rings. The number of hydrogen-bond donors (Lipinski definition) is 0. The first-order valence-electron chi connectivity index (χ1n) is 8.10. The van der Waals surface area contributed by atoms with Gasteiger partial charge in [0.05, 0.1) is 4.92 Å². The van der Waals surface area contributed by atoms with Crippen LogP contribution >= 0.6 is 0 Å². The van der Waals surface area contributed by atoms with Crippen LogP contribution in [0.3, 0.4) is 0 Å². The highest BCUT2D eigenvalue weighted by molar-refractivity contribution is 5.97. The minimum Gasteiger partial charge on any atom is -0.454 e. The normalized spacial score (nSPS) is 12.8. The summed E-state index contributed by atoms with van der Waals surface area (Å²) in [6.07, 6.45) is 0.769. The van der Waals surface area contributed by atoms with Gasteiger partial charge in [0, 0.05) is 12.2 Å². The Morgan fingerprint density at radius 2 is 2.04 bits per heavy atom. The molecule has 1 aromatic carbocycles. The molecule has 3 rings (SSSR count). The number of nitrogens with zero attached hydrogens (tertiary/aromatic N) is 4. The number of nitro groups is 1. The highest BCUT2D eigenvalue weighted by Crippen LogP contribution is 2.27. The van der Waals surface area contributed by atoms with Crippen LogP contribution < -0.4 is 4.90 Å². The van der Waals surface area contributed by atoms with Crippen molar-refractivity contribution in [3.05, 3.63) is 51.3 Å². The van der Waals surface area contributed by atoms with Gasteiger partial charge >= 0.3 is 11.7 Å². The van der Waals surface area contributed by atoms with Crippen molar-refractivity contribution in [3.63, 3.8) is 0 Å². The van der Waals surface area contributed by atoms with Gasteiger partial charge in [-0.05, 0) is 31.9 Å². The first-order chi connectivity index (χ1) is 12.4. The summed E-state index contributed by atoms with van der Waals surface area (Å²) >= 11 is 0.